The zero-order valence-corrected chi connectivity index (χ0v) is 14.4. The highest BCUT2D eigenvalue weighted by Gasteiger charge is 2.13. The quantitative estimate of drug-likeness (QED) is 0.267. The van der Waals surface area contributed by atoms with Crippen molar-refractivity contribution in [2.45, 2.75) is 0 Å². The van der Waals surface area contributed by atoms with E-state index in [1.807, 2.05) is 22.7 Å². The third-order valence-corrected chi connectivity index (χ3v) is 7.15. The number of hydrogen-bond acceptors (Lipinski definition) is 2. The molecule has 0 fully saturated rings. The molecule has 6 aromatic rings. The molecule has 0 aliphatic carbocycles. The van der Waals surface area contributed by atoms with Gasteiger partial charge < -0.3 is 0 Å². The summed E-state index contributed by atoms with van der Waals surface area (Å²) in [5.74, 6) is 0. The van der Waals surface area contributed by atoms with Crippen molar-refractivity contribution in [3.05, 3.63) is 72.8 Å². The largest absolute Gasteiger partial charge is 0.135 e. The summed E-state index contributed by atoms with van der Waals surface area (Å²) in [5, 5.41) is 8.32. The van der Waals surface area contributed by atoms with Gasteiger partial charge in [0, 0.05) is 40.3 Å². The third-order valence-electron chi connectivity index (χ3n) is 4.88. The SMILES string of the molecule is c1ccc2c(c1)sc1ccc3c(ccc4sc5ccccc5c43)c12. The minimum absolute atomic E-state index is 1.37. The van der Waals surface area contributed by atoms with E-state index in [1.165, 1.54) is 51.1 Å². The van der Waals surface area contributed by atoms with Gasteiger partial charge in [0.25, 0.3) is 0 Å². The fraction of sp³-hybridized carbons (Fsp3) is 0. The van der Waals surface area contributed by atoms with Crippen LogP contribution in [0.15, 0.2) is 72.8 Å². The number of fused-ring (bicyclic) bond motifs is 9. The Morgan fingerprint density at radius 2 is 0.833 bits per heavy atom. The molecule has 0 radical (unpaired) electrons. The first-order valence-electron chi connectivity index (χ1n) is 8.04. The molecule has 0 amide bonds. The summed E-state index contributed by atoms with van der Waals surface area (Å²) in [7, 11) is 0. The Morgan fingerprint density at radius 3 is 1.33 bits per heavy atom. The van der Waals surface area contributed by atoms with Crippen LogP contribution >= 0.6 is 22.7 Å². The molecular weight excluding hydrogens is 328 g/mol. The minimum atomic E-state index is 1.37. The average molecular weight is 340 g/mol. The Kier molecular flexibility index (Phi) is 2.46. The van der Waals surface area contributed by atoms with Crippen LogP contribution in [0.4, 0.5) is 0 Å². The molecule has 0 nitrogen and oxygen atoms in total. The molecule has 0 saturated heterocycles. The lowest BCUT2D eigenvalue weighted by atomic mass is 10.00. The second kappa shape index (κ2) is 4.56. The summed E-state index contributed by atoms with van der Waals surface area (Å²) >= 11 is 3.78. The molecule has 0 aliphatic rings. The van der Waals surface area contributed by atoms with E-state index in [0.717, 1.165) is 0 Å². The molecule has 0 bridgehead atoms. The molecule has 112 valence electrons. The molecule has 0 spiro atoms. The van der Waals surface area contributed by atoms with Crippen LogP contribution in [0.2, 0.25) is 0 Å². The molecule has 2 aromatic heterocycles. The summed E-state index contributed by atoms with van der Waals surface area (Å²) in [6.07, 6.45) is 0. The zero-order valence-electron chi connectivity index (χ0n) is 12.7. The lowest BCUT2D eigenvalue weighted by Crippen LogP contribution is -1.76. The number of benzene rings is 4. The van der Waals surface area contributed by atoms with Gasteiger partial charge in [-0.3, -0.25) is 0 Å². The van der Waals surface area contributed by atoms with Gasteiger partial charge in [0.2, 0.25) is 0 Å². The number of hydrogen-bond donors (Lipinski definition) is 0. The first-order valence-corrected chi connectivity index (χ1v) is 9.68. The van der Waals surface area contributed by atoms with Gasteiger partial charge >= 0.3 is 0 Å². The monoisotopic (exact) mass is 340 g/mol. The van der Waals surface area contributed by atoms with Crippen LogP contribution in [0.3, 0.4) is 0 Å². The molecule has 0 N–H and O–H groups in total. The zero-order chi connectivity index (χ0) is 15.7. The molecule has 0 aliphatic heterocycles. The van der Waals surface area contributed by atoms with Crippen LogP contribution in [0.5, 0.6) is 0 Å². The van der Waals surface area contributed by atoms with Crippen molar-refractivity contribution in [3.63, 3.8) is 0 Å². The van der Waals surface area contributed by atoms with E-state index in [9.17, 15) is 0 Å². The summed E-state index contributed by atoms with van der Waals surface area (Å²) in [6.45, 7) is 0. The van der Waals surface area contributed by atoms with Gasteiger partial charge in [-0.05, 0) is 35.0 Å². The molecular formula is C22H12S2. The van der Waals surface area contributed by atoms with E-state index in [0.29, 0.717) is 0 Å². The lowest BCUT2D eigenvalue weighted by Gasteiger charge is -2.03. The van der Waals surface area contributed by atoms with Crippen molar-refractivity contribution >= 4 is 73.8 Å². The van der Waals surface area contributed by atoms with Crippen LogP contribution in [0.25, 0.3) is 51.1 Å². The van der Waals surface area contributed by atoms with Crippen molar-refractivity contribution in [1.82, 2.24) is 0 Å². The Labute approximate surface area is 146 Å². The summed E-state index contributed by atoms with van der Waals surface area (Å²) < 4.78 is 5.50. The second-order valence-corrected chi connectivity index (χ2v) is 8.34. The highest BCUT2D eigenvalue weighted by atomic mass is 32.1. The molecule has 6 rings (SSSR count). The van der Waals surface area contributed by atoms with Crippen molar-refractivity contribution < 1.29 is 0 Å². The topological polar surface area (TPSA) is 0 Å². The second-order valence-electron chi connectivity index (χ2n) is 6.17. The normalized spacial score (nSPS) is 12.2. The fourth-order valence-corrected chi connectivity index (χ4v) is 6.10. The van der Waals surface area contributed by atoms with Gasteiger partial charge in [-0.1, -0.05) is 48.5 Å². The molecule has 2 heteroatoms. The highest BCUT2D eigenvalue weighted by Crippen LogP contribution is 2.43. The van der Waals surface area contributed by atoms with Gasteiger partial charge in [-0.2, -0.15) is 0 Å². The predicted octanol–water partition coefficient (Wildman–Crippen LogP) is 7.58. The van der Waals surface area contributed by atoms with E-state index < -0.39 is 0 Å². The average Bonchev–Trinajstić information content (AvgIpc) is 3.19. The van der Waals surface area contributed by atoms with Crippen LogP contribution in [0.1, 0.15) is 0 Å². The lowest BCUT2D eigenvalue weighted by molar-refractivity contribution is 1.86. The van der Waals surface area contributed by atoms with Crippen LogP contribution in [0, 0.1) is 0 Å². The van der Waals surface area contributed by atoms with Gasteiger partial charge in [0.15, 0.2) is 0 Å². The number of thiophene rings is 2. The maximum Gasteiger partial charge on any atom is 0.0361 e. The van der Waals surface area contributed by atoms with Crippen molar-refractivity contribution in [2.24, 2.45) is 0 Å². The van der Waals surface area contributed by atoms with E-state index in [2.05, 4.69) is 72.8 Å². The molecule has 4 aromatic carbocycles. The predicted molar refractivity (Wildman–Crippen MR) is 110 cm³/mol. The maximum absolute atomic E-state index is 2.31. The molecule has 24 heavy (non-hydrogen) atoms. The Bertz CT molecular complexity index is 1290. The first kappa shape index (κ1) is 12.9. The Morgan fingerprint density at radius 1 is 0.375 bits per heavy atom. The first-order chi connectivity index (χ1) is 11.9. The van der Waals surface area contributed by atoms with Crippen LogP contribution in [-0.2, 0) is 0 Å². The van der Waals surface area contributed by atoms with Crippen molar-refractivity contribution in [1.29, 1.82) is 0 Å². The molecule has 0 saturated carbocycles. The Balaban J connectivity index is 1.93. The van der Waals surface area contributed by atoms with Gasteiger partial charge in [-0.25, -0.2) is 0 Å². The third kappa shape index (κ3) is 1.57. The summed E-state index contributed by atoms with van der Waals surface area (Å²) in [4.78, 5) is 0. The van der Waals surface area contributed by atoms with E-state index in [-0.39, 0.29) is 0 Å². The van der Waals surface area contributed by atoms with Gasteiger partial charge in [0.1, 0.15) is 0 Å². The van der Waals surface area contributed by atoms with E-state index in [4.69, 9.17) is 0 Å². The smallest absolute Gasteiger partial charge is 0.0361 e. The minimum Gasteiger partial charge on any atom is -0.135 e. The number of rotatable bonds is 0. The Hall–Kier alpha value is -2.42. The fourth-order valence-electron chi connectivity index (χ4n) is 3.85. The van der Waals surface area contributed by atoms with Gasteiger partial charge in [-0.15, -0.1) is 22.7 Å². The van der Waals surface area contributed by atoms with Gasteiger partial charge in [0.05, 0.1) is 0 Å². The van der Waals surface area contributed by atoms with E-state index in [1.54, 1.807) is 0 Å². The van der Waals surface area contributed by atoms with Crippen LogP contribution in [-0.4, -0.2) is 0 Å². The van der Waals surface area contributed by atoms with E-state index >= 15 is 0 Å². The molecule has 2 heterocycles. The highest BCUT2D eigenvalue weighted by molar-refractivity contribution is 7.26. The maximum atomic E-state index is 2.31. The van der Waals surface area contributed by atoms with Crippen molar-refractivity contribution in [3.8, 4) is 0 Å². The summed E-state index contributed by atoms with van der Waals surface area (Å²) in [6, 6.07) is 26.7. The molecule has 0 atom stereocenters. The summed E-state index contributed by atoms with van der Waals surface area (Å²) in [5.41, 5.74) is 0. The standard InChI is InChI=1S/C22H12S2/c1-3-7-17-15(5-1)21-13-9-12-20-22(14(13)10-11-19(21)23-17)16-6-2-4-8-18(16)24-20/h1-12H. The van der Waals surface area contributed by atoms with Crippen LogP contribution < -0.4 is 0 Å². The van der Waals surface area contributed by atoms with Crippen molar-refractivity contribution in [2.75, 3.05) is 0 Å². The molecule has 0 unspecified atom stereocenters.